The van der Waals surface area contributed by atoms with Crippen LogP contribution < -0.4 is 16.0 Å². The first kappa shape index (κ1) is 22.0. The van der Waals surface area contributed by atoms with Crippen LogP contribution in [0, 0.1) is 5.82 Å². The van der Waals surface area contributed by atoms with Crippen molar-refractivity contribution < 1.29 is 18.8 Å². The van der Waals surface area contributed by atoms with E-state index in [9.17, 15) is 18.8 Å². The molecule has 4 aromatic rings. The molecule has 3 N–H and O–H groups in total. The van der Waals surface area contributed by atoms with Crippen molar-refractivity contribution in [2.45, 2.75) is 12.6 Å². The van der Waals surface area contributed by atoms with Crippen molar-refractivity contribution in [1.82, 2.24) is 24.6 Å². The van der Waals surface area contributed by atoms with Gasteiger partial charge in [-0.25, -0.2) is 9.37 Å². The monoisotopic (exact) mass is 498 g/mol. The molecule has 3 heterocycles. The lowest BCUT2D eigenvalue weighted by atomic mass is 10.0. The van der Waals surface area contributed by atoms with Crippen molar-refractivity contribution >= 4 is 56.8 Å². The van der Waals surface area contributed by atoms with Gasteiger partial charge in [-0.1, -0.05) is 29.8 Å². The number of nitrogens with one attached hydrogen (secondary N) is 3. The summed E-state index contributed by atoms with van der Waals surface area (Å²) in [6, 6.07) is 10.1. The van der Waals surface area contributed by atoms with Crippen LogP contribution >= 0.6 is 23.1 Å². The van der Waals surface area contributed by atoms with E-state index in [1.807, 2.05) is 12.1 Å². The average molecular weight is 499 g/mol. The molecule has 0 saturated carbocycles. The summed E-state index contributed by atoms with van der Waals surface area (Å²) in [6.45, 7) is -0.218. The maximum atomic E-state index is 14.1. The largest absolute Gasteiger partial charge is 0.352 e. The summed E-state index contributed by atoms with van der Waals surface area (Å²) in [5.74, 6) is -2.13. The molecule has 34 heavy (non-hydrogen) atoms. The van der Waals surface area contributed by atoms with Gasteiger partial charge in [0.1, 0.15) is 18.1 Å². The van der Waals surface area contributed by atoms with Crippen molar-refractivity contribution in [1.29, 1.82) is 0 Å². The number of halogens is 2. The maximum absolute atomic E-state index is 14.1. The Morgan fingerprint density at radius 1 is 1.24 bits per heavy atom. The number of nitrogens with zero attached hydrogens (tertiary/aromatic N) is 3. The van der Waals surface area contributed by atoms with Crippen molar-refractivity contribution in [3.8, 4) is 0 Å². The first-order valence-electron chi connectivity index (χ1n) is 10.1. The van der Waals surface area contributed by atoms with Crippen molar-refractivity contribution in [2.24, 2.45) is 0 Å². The zero-order valence-electron chi connectivity index (χ0n) is 17.6. The van der Waals surface area contributed by atoms with Gasteiger partial charge in [-0.3, -0.25) is 14.4 Å². The van der Waals surface area contributed by atoms with Crippen LogP contribution in [0.25, 0.3) is 10.1 Å². The van der Waals surface area contributed by atoms with Gasteiger partial charge in [-0.05, 0) is 35.8 Å². The molecular weight excluding hydrogens is 483 g/mol. The van der Waals surface area contributed by atoms with E-state index in [1.165, 1.54) is 41.3 Å². The number of benzene rings is 2. The highest BCUT2D eigenvalue weighted by molar-refractivity contribution is 7.13. The van der Waals surface area contributed by atoms with Crippen LogP contribution in [0.2, 0.25) is 5.02 Å². The van der Waals surface area contributed by atoms with Crippen molar-refractivity contribution in [3.05, 3.63) is 76.1 Å². The lowest BCUT2D eigenvalue weighted by Crippen LogP contribution is -2.41. The van der Waals surface area contributed by atoms with Gasteiger partial charge < -0.3 is 20.5 Å². The van der Waals surface area contributed by atoms with Crippen molar-refractivity contribution in [2.75, 3.05) is 12.4 Å². The van der Waals surface area contributed by atoms with Gasteiger partial charge in [0, 0.05) is 23.0 Å². The number of aromatic nitrogens is 3. The topological polar surface area (TPSA) is 118 Å². The van der Waals surface area contributed by atoms with Crippen LogP contribution in [0.15, 0.2) is 42.5 Å². The van der Waals surface area contributed by atoms with E-state index in [-0.39, 0.29) is 34.5 Å². The second kappa shape index (κ2) is 8.50. The van der Waals surface area contributed by atoms with Crippen molar-refractivity contribution in [3.63, 3.8) is 0 Å². The molecule has 0 saturated heterocycles. The summed E-state index contributed by atoms with van der Waals surface area (Å²) in [4.78, 5) is 42.5. The summed E-state index contributed by atoms with van der Waals surface area (Å²) in [5, 5.41) is 8.82. The molecule has 2 aromatic carbocycles. The zero-order chi connectivity index (χ0) is 24.0. The fourth-order valence-corrected chi connectivity index (χ4v) is 4.89. The summed E-state index contributed by atoms with van der Waals surface area (Å²) in [5.41, 5.74) is 0.747. The van der Waals surface area contributed by atoms with E-state index in [2.05, 4.69) is 25.3 Å². The lowest BCUT2D eigenvalue weighted by Gasteiger charge is -2.28. The van der Waals surface area contributed by atoms with Crippen LogP contribution in [0.3, 0.4) is 0 Å². The fourth-order valence-electron chi connectivity index (χ4n) is 3.89. The predicted octanol–water partition coefficient (Wildman–Crippen LogP) is 3.12. The Bertz CT molecular complexity index is 1480. The number of imidazole rings is 1. The van der Waals surface area contributed by atoms with Crippen LogP contribution in [0.4, 0.5) is 10.2 Å². The van der Waals surface area contributed by atoms with E-state index < -0.39 is 29.6 Å². The van der Waals surface area contributed by atoms with Gasteiger partial charge >= 0.3 is 0 Å². The molecule has 0 radical (unpaired) electrons. The Labute approximate surface area is 201 Å². The van der Waals surface area contributed by atoms with Gasteiger partial charge in [-0.2, -0.15) is 4.37 Å². The first-order chi connectivity index (χ1) is 16.4. The Kier molecular flexibility index (Phi) is 5.50. The number of amides is 3. The molecule has 1 aliphatic heterocycles. The van der Waals surface area contributed by atoms with E-state index in [0.717, 1.165) is 4.70 Å². The third-order valence-electron chi connectivity index (χ3n) is 5.41. The predicted molar refractivity (Wildman–Crippen MR) is 125 cm³/mol. The minimum atomic E-state index is -0.960. The van der Waals surface area contributed by atoms with E-state index in [0.29, 0.717) is 11.1 Å². The molecule has 0 fully saturated rings. The van der Waals surface area contributed by atoms with Gasteiger partial charge in [-0.15, -0.1) is 0 Å². The molecule has 5 rings (SSSR count). The Morgan fingerprint density at radius 2 is 2.03 bits per heavy atom. The number of fused-ring (bicyclic) bond motifs is 2. The van der Waals surface area contributed by atoms with Gasteiger partial charge in [0.25, 0.3) is 11.8 Å². The number of hydrogen-bond donors (Lipinski definition) is 3. The third-order valence-corrected chi connectivity index (χ3v) is 6.58. The molecular formula is C22H16ClFN6O3S. The molecule has 1 unspecified atom stereocenters. The molecule has 9 nitrogen and oxygen atoms in total. The second-order valence-electron chi connectivity index (χ2n) is 7.48. The smallest absolute Gasteiger partial charge is 0.287 e. The number of rotatable bonds is 4. The second-order valence-corrected chi connectivity index (χ2v) is 8.69. The Hall–Kier alpha value is -3.83. The molecule has 0 spiro atoms. The normalized spacial score (nSPS) is 15.0. The van der Waals surface area contributed by atoms with Crippen LogP contribution in [-0.4, -0.2) is 38.7 Å². The van der Waals surface area contributed by atoms with E-state index in [4.69, 9.17) is 11.6 Å². The first-order valence-corrected chi connectivity index (χ1v) is 11.2. The van der Waals surface area contributed by atoms with Gasteiger partial charge in [0.2, 0.25) is 11.7 Å². The molecule has 172 valence electrons. The lowest BCUT2D eigenvalue weighted by molar-refractivity contribution is -0.123. The maximum Gasteiger partial charge on any atom is 0.287 e. The van der Waals surface area contributed by atoms with E-state index in [1.54, 1.807) is 12.1 Å². The quantitative estimate of drug-likeness (QED) is 0.399. The molecule has 0 bridgehead atoms. The molecule has 2 aromatic heterocycles. The molecule has 3 amide bonds. The fraction of sp³-hybridized carbons (Fsp3) is 0.136. The van der Waals surface area contributed by atoms with Crippen LogP contribution in [-0.2, 0) is 11.3 Å². The minimum absolute atomic E-state index is 0.0333. The van der Waals surface area contributed by atoms with Gasteiger partial charge in [0.15, 0.2) is 5.82 Å². The van der Waals surface area contributed by atoms with E-state index >= 15 is 0 Å². The molecule has 1 atom stereocenters. The minimum Gasteiger partial charge on any atom is -0.352 e. The Morgan fingerprint density at radius 3 is 2.82 bits per heavy atom. The standard InChI is InChI=1S/C22H16ClFN6O3S/c1-25-22(33)20-27-19(28-21(32)17-11-4-2-3-5-14(11)34-29-17)18-16(26-15(31)9-30(18)20)12-8-10(24)6-7-13(12)23/h2-8,16H,9H2,1H3,(H,25,33)(H,26,31)(H,28,32). The Balaban J connectivity index is 1.64. The molecule has 0 aliphatic carbocycles. The summed E-state index contributed by atoms with van der Waals surface area (Å²) in [6.07, 6.45) is 0. The number of hydrogen-bond acceptors (Lipinski definition) is 6. The SMILES string of the molecule is CNC(=O)c1nc(NC(=O)c2nsc3ccccc23)c2n1CC(=O)NC2c1cc(F)ccc1Cl. The van der Waals surface area contributed by atoms with Crippen LogP contribution in [0.5, 0.6) is 0 Å². The van der Waals surface area contributed by atoms with Gasteiger partial charge in [0.05, 0.1) is 16.4 Å². The summed E-state index contributed by atoms with van der Waals surface area (Å²) >= 11 is 7.50. The number of carbonyl (C=O) groups is 3. The third kappa shape index (κ3) is 3.68. The molecule has 1 aliphatic rings. The summed E-state index contributed by atoms with van der Waals surface area (Å²) < 4.78 is 20.5. The average Bonchev–Trinajstić information content (AvgIpc) is 3.41. The summed E-state index contributed by atoms with van der Waals surface area (Å²) in [7, 11) is 1.42. The highest BCUT2D eigenvalue weighted by atomic mass is 35.5. The number of anilines is 1. The highest BCUT2D eigenvalue weighted by Crippen LogP contribution is 2.36. The van der Waals surface area contributed by atoms with Crippen LogP contribution in [0.1, 0.15) is 38.4 Å². The highest BCUT2D eigenvalue weighted by Gasteiger charge is 2.36. The molecule has 12 heteroatoms. The zero-order valence-corrected chi connectivity index (χ0v) is 19.1. The number of carbonyl (C=O) groups excluding carboxylic acids is 3.